The number of nitrogens with zero attached hydrogens (tertiary/aromatic N) is 1. The fraction of sp³-hybridized carbons (Fsp3) is 0.250. The second-order valence-corrected chi connectivity index (χ2v) is 5.51. The molecule has 0 saturated carbocycles. The Bertz CT molecular complexity index is 652. The molecule has 3 rings (SSSR count). The number of nitrogens with two attached hydrogens (primary N) is 1. The number of hydrogen-bond acceptors (Lipinski definition) is 3. The van der Waals surface area contributed by atoms with Crippen molar-refractivity contribution in [2.45, 2.75) is 25.7 Å². The van der Waals surface area contributed by atoms with Gasteiger partial charge in [-0.25, -0.2) is 0 Å². The smallest absolute Gasteiger partial charge is 0.122 e. The van der Waals surface area contributed by atoms with Gasteiger partial charge in [-0.1, -0.05) is 24.4 Å². The van der Waals surface area contributed by atoms with Gasteiger partial charge in [0.2, 0.25) is 0 Å². The first-order valence-electron chi connectivity index (χ1n) is 6.88. The van der Waals surface area contributed by atoms with Crippen LogP contribution in [0.15, 0.2) is 36.5 Å². The van der Waals surface area contributed by atoms with Gasteiger partial charge in [-0.05, 0) is 55.0 Å². The van der Waals surface area contributed by atoms with Crippen molar-refractivity contribution in [2.24, 2.45) is 5.73 Å². The van der Waals surface area contributed by atoms with Crippen LogP contribution in [0.2, 0.25) is 0 Å². The second-order valence-electron chi connectivity index (χ2n) is 5.07. The minimum atomic E-state index is 0.323. The molecule has 0 spiro atoms. The molecule has 0 aliphatic heterocycles. The number of aromatic nitrogens is 1. The molecule has 0 fully saturated rings. The van der Waals surface area contributed by atoms with Gasteiger partial charge in [0.05, 0.1) is 5.69 Å². The van der Waals surface area contributed by atoms with Gasteiger partial charge in [0.1, 0.15) is 4.99 Å². The summed E-state index contributed by atoms with van der Waals surface area (Å²) in [6, 6.07) is 10.3. The Morgan fingerprint density at radius 2 is 2.05 bits per heavy atom. The molecule has 1 aliphatic rings. The van der Waals surface area contributed by atoms with Gasteiger partial charge in [-0.2, -0.15) is 0 Å². The zero-order chi connectivity index (χ0) is 13.9. The van der Waals surface area contributed by atoms with Gasteiger partial charge in [0, 0.05) is 17.6 Å². The minimum absolute atomic E-state index is 0.323. The van der Waals surface area contributed by atoms with Crippen LogP contribution in [0.3, 0.4) is 0 Å². The second kappa shape index (κ2) is 5.59. The van der Waals surface area contributed by atoms with Crippen molar-refractivity contribution < 1.29 is 0 Å². The van der Waals surface area contributed by atoms with Gasteiger partial charge >= 0.3 is 0 Å². The summed E-state index contributed by atoms with van der Waals surface area (Å²) < 4.78 is 0. The Morgan fingerprint density at radius 3 is 2.90 bits per heavy atom. The first kappa shape index (κ1) is 13.1. The van der Waals surface area contributed by atoms with Crippen molar-refractivity contribution in [1.29, 1.82) is 0 Å². The third kappa shape index (κ3) is 2.65. The lowest BCUT2D eigenvalue weighted by Crippen LogP contribution is -2.12. The van der Waals surface area contributed by atoms with Crippen molar-refractivity contribution in [1.82, 2.24) is 4.98 Å². The summed E-state index contributed by atoms with van der Waals surface area (Å²) >= 11 is 4.97. The summed E-state index contributed by atoms with van der Waals surface area (Å²) in [5, 5.41) is 3.47. The summed E-state index contributed by atoms with van der Waals surface area (Å²) in [7, 11) is 0. The molecule has 0 unspecified atom stereocenters. The predicted molar refractivity (Wildman–Crippen MR) is 86.5 cm³/mol. The Hall–Kier alpha value is -1.94. The van der Waals surface area contributed by atoms with Crippen molar-refractivity contribution in [3.8, 4) is 0 Å². The standard InChI is InChI=1S/C16H17N3S/c17-16(20)15-10-12(8-9-18-15)19-14-7-3-5-11-4-1-2-6-13(11)14/h3,5,7-10H,1-2,4,6H2,(H2,17,20)(H,18,19). The number of nitrogens with one attached hydrogen (secondary N) is 1. The first-order valence-corrected chi connectivity index (χ1v) is 7.28. The average Bonchev–Trinajstić information content (AvgIpc) is 2.48. The van der Waals surface area contributed by atoms with E-state index in [-0.39, 0.29) is 0 Å². The van der Waals surface area contributed by atoms with Gasteiger partial charge in [-0.15, -0.1) is 0 Å². The van der Waals surface area contributed by atoms with Crippen molar-refractivity contribution in [2.75, 3.05) is 5.32 Å². The molecule has 3 N–H and O–H groups in total. The fourth-order valence-corrected chi connectivity index (χ4v) is 2.81. The highest BCUT2D eigenvalue weighted by Gasteiger charge is 2.13. The predicted octanol–water partition coefficient (Wildman–Crippen LogP) is 3.34. The van der Waals surface area contributed by atoms with E-state index in [4.69, 9.17) is 18.0 Å². The van der Waals surface area contributed by atoms with Crippen molar-refractivity contribution in [3.05, 3.63) is 53.3 Å². The van der Waals surface area contributed by atoms with E-state index in [0.29, 0.717) is 10.7 Å². The largest absolute Gasteiger partial charge is 0.388 e. The maximum absolute atomic E-state index is 5.63. The van der Waals surface area contributed by atoms with Crippen molar-refractivity contribution >= 4 is 28.6 Å². The lowest BCUT2D eigenvalue weighted by molar-refractivity contribution is 0.687. The molecule has 4 heteroatoms. The van der Waals surface area contributed by atoms with Gasteiger partial charge in [0.25, 0.3) is 0 Å². The molecule has 20 heavy (non-hydrogen) atoms. The molecule has 0 bridgehead atoms. The van der Waals surface area contributed by atoms with Crippen LogP contribution in [0, 0.1) is 0 Å². The number of anilines is 2. The van der Waals surface area contributed by atoms with Gasteiger partial charge in [0.15, 0.2) is 0 Å². The third-order valence-electron chi connectivity index (χ3n) is 3.69. The van der Waals surface area contributed by atoms with E-state index < -0.39 is 0 Å². The quantitative estimate of drug-likeness (QED) is 0.848. The number of fused-ring (bicyclic) bond motifs is 1. The van der Waals surface area contributed by atoms with Gasteiger partial charge < -0.3 is 11.1 Å². The van der Waals surface area contributed by atoms with E-state index in [1.54, 1.807) is 6.20 Å². The molecule has 0 saturated heterocycles. The molecule has 0 atom stereocenters. The summed E-state index contributed by atoms with van der Waals surface area (Å²) in [4.78, 5) is 4.48. The maximum Gasteiger partial charge on any atom is 0.122 e. The molecule has 0 amide bonds. The first-order chi connectivity index (χ1) is 9.74. The van der Waals surface area contributed by atoms with E-state index in [1.165, 1.54) is 36.1 Å². The monoisotopic (exact) mass is 283 g/mol. The summed E-state index contributed by atoms with van der Waals surface area (Å²) in [5.74, 6) is 0. The summed E-state index contributed by atoms with van der Waals surface area (Å²) in [5.41, 5.74) is 11.3. The molecular formula is C16H17N3S. The molecule has 102 valence electrons. The van der Waals surface area contributed by atoms with Crippen LogP contribution in [0.4, 0.5) is 11.4 Å². The lowest BCUT2D eigenvalue weighted by Gasteiger charge is -2.20. The highest BCUT2D eigenvalue weighted by molar-refractivity contribution is 7.80. The van der Waals surface area contributed by atoms with E-state index in [9.17, 15) is 0 Å². The summed E-state index contributed by atoms with van der Waals surface area (Å²) in [6.07, 6.45) is 6.61. The van der Waals surface area contributed by atoms with Crippen molar-refractivity contribution in [3.63, 3.8) is 0 Å². The fourth-order valence-electron chi connectivity index (χ4n) is 2.70. The van der Waals surface area contributed by atoms with Gasteiger partial charge in [-0.3, -0.25) is 4.98 Å². The van der Waals surface area contributed by atoms with Crippen LogP contribution in [0.5, 0.6) is 0 Å². The molecule has 1 aliphatic carbocycles. The average molecular weight is 283 g/mol. The Kier molecular flexibility index (Phi) is 3.65. The van der Waals surface area contributed by atoms with Crippen LogP contribution < -0.4 is 11.1 Å². The zero-order valence-electron chi connectivity index (χ0n) is 11.2. The molecule has 1 aromatic heterocycles. The van der Waals surface area contributed by atoms with Crippen LogP contribution in [0.1, 0.15) is 29.7 Å². The molecule has 2 aromatic rings. The third-order valence-corrected chi connectivity index (χ3v) is 3.90. The Labute approximate surface area is 124 Å². The molecule has 3 nitrogen and oxygen atoms in total. The van der Waals surface area contributed by atoms with Crippen LogP contribution in [-0.4, -0.2) is 9.97 Å². The highest BCUT2D eigenvalue weighted by atomic mass is 32.1. The van der Waals surface area contributed by atoms with Crippen LogP contribution in [0.25, 0.3) is 0 Å². The number of thiocarbonyl (C=S) groups is 1. The highest BCUT2D eigenvalue weighted by Crippen LogP contribution is 2.29. The number of hydrogen-bond donors (Lipinski definition) is 2. The zero-order valence-corrected chi connectivity index (χ0v) is 12.0. The lowest BCUT2D eigenvalue weighted by atomic mass is 9.90. The van der Waals surface area contributed by atoms with E-state index in [1.807, 2.05) is 12.1 Å². The number of pyridine rings is 1. The van der Waals surface area contributed by atoms with E-state index in [2.05, 4.69) is 28.5 Å². The molecule has 1 heterocycles. The number of rotatable bonds is 3. The maximum atomic E-state index is 5.63. The molecule has 0 radical (unpaired) electrons. The SMILES string of the molecule is NC(=S)c1cc(Nc2cccc3c2CCCC3)ccn1. The number of aryl methyl sites for hydroxylation is 1. The van der Waals surface area contributed by atoms with Crippen LogP contribution in [-0.2, 0) is 12.8 Å². The number of benzene rings is 1. The van der Waals surface area contributed by atoms with E-state index in [0.717, 1.165) is 12.1 Å². The summed E-state index contributed by atoms with van der Waals surface area (Å²) in [6.45, 7) is 0. The van der Waals surface area contributed by atoms with E-state index >= 15 is 0 Å². The normalized spacial score (nSPS) is 13.6. The molecular weight excluding hydrogens is 266 g/mol. The van der Waals surface area contributed by atoms with Crippen LogP contribution >= 0.6 is 12.2 Å². The minimum Gasteiger partial charge on any atom is -0.388 e. The Balaban J connectivity index is 1.91. The Morgan fingerprint density at radius 1 is 1.20 bits per heavy atom. The topological polar surface area (TPSA) is 50.9 Å². The molecule has 1 aromatic carbocycles.